The largest absolute Gasteiger partial charge is 0.487 e. The van der Waals surface area contributed by atoms with Crippen LogP contribution in [-0.4, -0.2) is 27.2 Å². The molecule has 6 heteroatoms. The van der Waals surface area contributed by atoms with Crippen LogP contribution < -0.4 is 4.74 Å². The van der Waals surface area contributed by atoms with E-state index in [1.807, 2.05) is 72.5 Å². The minimum absolute atomic E-state index is 0.00667. The van der Waals surface area contributed by atoms with Gasteiger partial charge in [-0.05, 0) is 54.8 Å². The van der Waals surface area contributed by atoms with Gasteiger partial charge < -0.3 is 14.0 Å². The number of hydrogen-bond acceptors (Lipinski definition) is 4. The van der Waals surface area contributed by atoms with Gasteiger partial charge in [-0.2, -0.15) is 0 Å². The number of rotatable bonds is 6. The third-order valence-corrected chi connectivity index (χ3v) is 5.80. The van der Waals surface area contributed by atoms with E-state index in [4.69, 9.17) is 4.74 Å². The van der Waals surface area contributed by atoms with Crippen molar-refractivity contribution >= 4 is 22.9 Å². The number of amides is 1. The molecule has 5 nitrogen and oxygen atoms in total. The highest BCUT2D eigenvalue weighted by Crippen LogP contribution is 2.25. The van der Waals surface area contributed by atoms with Crippen molar-refractivity contribution in [2.45, 2.75) is 19.6 Å². The summed E-state index contributed by atoms with van der Waals surface area (Å²) in [5.41, 5.74) is 2.40. The number of fused-ring (bicyclic) bond motifs is 1. The number of carbonyl (C=O) groups excluding carboxylic acids is 1. The standard InChI is InChI=1S/C22H21N3O2S/c1-16(20-6-5-13-28-20)24(2)22(26)17-8-10-19(11-9-17)27-15-18-14-25-12-4-3-7-21(25)23-18/h3-14,16H,15H2,1-2H3. The van der Waals surface area contributed by atoms with E-state index in [0.29, 0.717) is 17.9 Å². The molecule has 4 rings (SSSR count). The Morgan fingerprint density at radius 2 is 2.00 bits per heavy atom. The first-order valence-corrected chi connectivity index (χ1v) is 9.96. The van der Waals surface area contributed by atoms with Crippen molar-refractivity contribution in [2.75, 3.05) is 7.05 Å². The molecule has 142 valence electrons. The lowest BCUT2D eigenvalue weighted by Gasteiger charge is -2.24. The summed E-state index contributed by atoms with van der Waals surface area (Å²) in [6.07, 6.45) is 3.91. The topological polar surface area (TPSA) is 46.8 Å². The maximum absolute atomic E-state index is 12.7. The molecule has 28 heavy (non-hydrogen) atoms. The molecule has 0 radical (unpaired) electrons. The van der Waals surface area contributed by atoms with E-state index in [0.717, 1.165) is 11.3 Å². The molecule has 0 fully saturated rings. The predicted octanol–water partition coefficient (Wildman–Crippen LogP) is 4.81. The summed E-state index contributed by atoms with van der Waals surface area (Å²) < 4.78 is 7.79. The molecule has 0 saturated heterocycles. The Labute approximate surface area is 167 Å². The first kappa shape index (κ1) is 18.3. The van der Waals surface area contributed by atoms with E-state index in [1.165, 1.54) is 4.88 Å². The van der Waals surface area contributed by atoms with Gasteiger partial charge in [-0.1, -0.05) is 12.1 Å². The van der Waals surface area contributed by atoms with Crippen molar-refractivity contribution < 1.29 is 9.53 Å². The van der Waals surface area contributed by atoms with Crippen molar-refractivity contribution in [3.8, 4) is 5.75 Å². The van der Waals surface area contributed by atoms with Gasteiger partial charge in [0.1, 0.15) is 18.0 Å². The summed E-state index contributed by atoms with van der Waals surface area (Å²) in [5, 5.41) is 2.03. The fourth-order valence-electron chi connectivity index (χ4n) is 3.01. The summed E-state index contributed by atoms with van der Waals surface area (Å²) in [4.78, 5) is 20.2. The normalized spacial score (nSPS) is 12.1. The van der Waals surface area contributed by atoms with E-state index >= 15 is 0 Å². The van der Waals surface area contributed by atoms with Crippen LogP contribution in [0.5, 0.6) is 5.75 Å². The monoisotopic (exact) mass is 391 g/mol. The van der Waals surface area contributed by atoms with Gasteiger partial charge in [0.2, 0.25) is 0 Å². The molecule has 0 aliphatic heterocycles. The van der Waals surface area contributed by atoms with Crippen molar-refractivity contribution in [3.05, 3.63) is 88.5 Å². The third-order valence-electron chi connectivity index (χ3n) is 4.76. The van der Waals surface area contributed by atoms with E-state index in [1.54, 1.807) is 28.4 Å². The lowest BCUT2D eigenvalue weighted by atomic mass is 10.1. The minimum Gasteiger partial charge on any atom is -0.487 e. The van der Waals surface area contributed by atoms with E-state index < -0.39 is 0 Å². The van der Waals surface area contributed by atoms with Crippen LogP contribution in [0.3, 0.4) is 0 Å². The zero-order valence-electron chi connectivity index (χ0n) is 15.8. The fourth-order valence-corrected chi connectivity index (χ4v) is 3.83. The van der Waals surface area contributed by atoms with Crippen molar-refractivity contribution in [3.63, 3.8) is 0 Å². The summed E-state index contributed by atoms with van der Waals surface area (Å²) in [6.45, 7) is 2.42. The molecule has 0 spiro atoms. The van der Waals surface area contributed by atoms with Gasteiger partial charge in [0, 0.05) is 29.9 Å². The number of ether oxygens (including phenoxy) is 1. The third kappa shape index (κ3) is 3.77. The number of benzene rings is 1. The Morgan fingerprint density at radius 1 is 1.18 bits per heavy atom. The molecule has 1 unspecified atom stereocenters. The summed E-state index contributed by atoms with van der Waals surface area (Å²) in [7, 11) is 1.83. The van der Waals surface area contributed by atoms with Gasteiger partial charge in [-0.25, -0.2) is 4.98 Å². The quantitative estimate of drug-likeness (QED) is 0.474. The maximum atomic E-state index is 12.7. The van der Waals surface area contributed by atoms with Crippen LogP contribution in [0.4, 0.5) is 0 Å². The van der Waals surface area contributed by atoms with Crippen LogP contribution >= 0.6 is 11.3 Å². The maximum Gasteiger partial charge on any atom is 0.254 e. The molecular weight excluding hydrogens is 370 g/mol. The number of aromatic nitrogens is 2. The number of pyridine rings is 1. The van der Waals surface area contributed by atoms with Gasteiger partial charge in [-0.3, -0.25) is 4.79 Å². The van der Waals surface area contributed by atoms with Crippen LogP contribution in [0.1, 0.15) is 33.9 Å². The lowest BCUT2D eigenvalue weighted by Crippen LogP contribution is -2.29. The van der Waals surface area contributed by atoms with Gasteiger partial charge in [-0.15, -0.1) is 11.3 Å². The number of hydrogen-bond donors (Lipinski definition) is 0. The molecular formula is C22H21N3O2S. The number of nitrogens with zero attached hydrogens (tertiary/aromatic N) is 3. The van der Waals surface area contributed by atoms with Gasteiger partial charge in [0.05, 0.1) is 11.7 Å². The second-order valence-corrected chi connectivity index (χ2v) is 7.60. The zero-order chi connectivity index (χ0) is 19.5. The first-order chi connectivity index (χ1) is 13.6. The van der Waals surface area contributed by atoms with Crippen molar-refractivity contribution in [1.82, 2.24) is 14.3 Å². The van der Waals surface area contributed by atoms with Gasteiger partial charge in [0.15, 0.2) is 0 Å². The Hall–Kier alpha value is -3.12. The molecule has 1 aromatic carbocycles. The van der Waals surface area contributed by atoms with E-state index in [2.05, 4.69) is 11.1 Å². The lowest BCUT2D eigenvalue weighted by molar-refractivity contribution is 0.0745. The Kier molecular flexibility index (Phi) is 5.12. The SMILES string of the molecule is CC(c1cccs1)N(C)C(=O)c1ccc(OCc2cn3ccccc3n2)cc1. The van der Waals surface area contributed by atoms with Gasteiger partial charge in [0.25, 0.3) is 5.91 Å². The molecule has 3 aromatic heterocycles. The Bertz CT molecular complexity index is 1040. The Morgan fingerprint density at radius 3 is 2.71 bits per heavy atom. The predicted molar refractivity (Wildman–Crippen MR) is 111 cm³/mol. The zero-order valence-corrected chi connectivity index (χ0v) is 16.6. The highest BCUT2D eigenvalue weighted by Gasteiger charge is 2.19. The number of thiophene rings is 1. The molecule has 0 aliphatic carbocycles. The van der Waals surface area contributed by atoms with Crippen LogP contribution in [0.15, 0.2) is 72.4 Å². The average Bonchev–Trinajstić information content (AvgIpc) is 3.40. The van der Waals surface area contributed by atoms with E-state index in [-0.39, 0.29) is 11.9 Å². The average molecular weight is 391 g/mol. The molecule has 1 amide bonds. The molecule has 1 atom stereocenters. The number of carbonyl (C=O) groups is 1. The molecule has 0 bridgehead atoms. The summed E-state index contributed by atoms with van der Waals surface area (Å²) in [6, 6.07) is 17.2. The fraction of sp³-hybridized carbons (Fsp3) is 0.182. The van der Waals surface area contributed by atoms with Crippen LogP contribution in [0.2, 0.25) is 0 Å². The smallest absolute Gasteiger partial charge is 0.254 e. The summed E-state index contributed by atoms with van der Waals surface area (Å²) >= 11 is 1.66. The molecule has 0 N–H and O–H groups in total. The minimum atomic E-state index is -0.00667. The highest BCUT2D eigenvalue weighted by atomic mass is 32.1. The summed E-state index contributed by atoms with van der Waals surface area (Å²) in [5.74, 6) is 0.704. The second kappa shape index (κ2) is 7.86. The van der Waals surface area contributed by atoms with E-state index in [9.17, 15) is 4.79 Å². The van der Waals surface area contributed by atoms with Gasteiger partial charge >= 0.3 is 0 Å². The molecule has 0 saturated carbocycles. The molecule has 0 aliphatic rings. The van der Waals surface area contributed by atoms with Crippen molar-refractivity contribution in [2.24, 2.45) is 0 Å². The van der Waals surface area contributed by atoms with Crippen LogP contribution in [0.25, 0.3) is 5.65 Å². The van der Waals surface area contributed by atoms with Crippen LogP contribution in [-0.2, 0) is 6.61 Å². The Balaban J connectivity index is 1.39. The molecule has 3 heterocycles. The first-order valence-electron chi connectivity index (χ1n) is 9.08. The second-order valence-electron chi connectivity index (χ2n) is 6.62. The van der Waals surface area contributed by atoms with Crippen molar-refractivity contribution in [1.29, 1.82) is 0 Å². The number of imidazole rings is 1. The van der Waals surface area contributed by atoms with Crippen LogP contribution in [0, 0.1) is 0 Å². The highest BCUT2D eigenvalue weighted by molar-refractivity contribution is 7.10. The molecule has 4 aromatic rings.